The number of phenols is 1. The van der Waals surface area contributed by atoms with Gasteiger partial charge in [0.1, 0.15) is 0 Å². The lowest BCUT2D eigenvalue weighted by Crippen LogP contribution is -2.21. The molecule has 1 aromatic rings. The SMILES string of the molecule is COc1cc(C#N)cc([C@H](N)CN)c1O.Cl. The highest BCUT2D eigenvalue weighted by Crippen LogP contribution is 2.33. The van der Waals surface area contributed by atoms with Gasteiger partial charge >= 0.3 is 0 Å². The van der Waals surface area contributed by atoms with Gasteiger partial charge in [-0.3, -0.25) is 0 Å². The van der Waals surface area contributed by atoms with Crippen molar-refractivity contribution in [3.05, 3.63) is 23.3 Å². The molecule has 5 nitrogen and oxygen atoms in total. The minimum absolute atomic E-state index is 0. The Morgan fingerprint density at radius 2 is 2.19 bits per heavy atom. The number of nitrogens with two attached hydrogens (primary N) is 2. The molecule has 5 N–H and O–H groups in total. The van der Waals surface area contributed by atoms with Crippen LogP contribution in [0.2, 0.25) is 0 Å². The van der Waals surface area contributed by atoms with Crippen molar-refractivity contribution in [2.45, 2.75) is 6.04 Å². The fourth-order valence-electron chi connectivity index (χ4n) is 1.26. The molecular formula is C10H14ClN3O2. The Morgan fingerprint density at radius 3 is 2.62 bits per heavy atom. The van der Waals surface area contributed by atoms with Crippen molar-refractivity contribution in [3.63, 3.8) is 0 Å². The number of halogens is 1. The van der Waals surface area contributed by atoms with Gasteiger partial charge in [-0.25, -0.2) is 0 Å². The lowest BCUT2D eigenvalue weighted by atomic mass is 10.0. The van der Waals surface area contributed by atoms with E-state index in [4.69, 9.17) is 21.5 Å². The molecule has 0 aliphatic heterocycles. The summed E-state index contributed by atoms with van der Waals surface area (Å²) < 4.78 is 4.93. The van der Waals surface area contributed by atoms with Crippen molar-refractivity contribution < 1.29 is 9.84 Å². The van der Waals surface area contributed by atoms with Crippen LogP contribution in [-0.4, -0.2) is 18.8 Å². The molecule has 1 rings (SSSR count). The standard InChI is InChI=1S/C10H13N3O2.ClH/c1-15-9-3-6(4-11)2-7(10(9)14)8(13)5-12;/h2-3,8,14H,5,12-13H2,1H3;1H/t8-;/m1./s1. The van der Waals surface area contributed by atoms with Gasteiger partial charge in [0.25, 0.3) is 0 Å². The van der Waals surface area contributed by atoms with Crippen LogP contribution in [0.15, 0.2) is 12.1 Å². The largest absolute Gasteiger partial charge is 0.504 e. The van der Waals surface area contributed by atoms with Crippen molar-refractivity contribution in [2.24, 2.45) is 11.5 Å². The molecule has 0 amide bonds. The molecule has 0 saturated heterocycles. The zero-order valence-electron chi connectivity index (χ0n) is 8.80. The Morgan fingerprint density at radius 1 is 1.56 bits per heavy atom. The summed E-state index contributed by atoms with van der Waals surface area (Å²) in [6.45, 7) is 0.186. The van der Waals surface area contributed by atoms with E-state index in [1.54, 1.807) is 0 Å². The lowest BCUT2D eigenvalue weighted by Gasteiger charge is -2.14. The summed E-state index contributed by atoms with van der Waals surface area (Å²) in [5, 5.41) is 18.5. The maximum atomic E-state index is 9.74. The topological polar surface area (TPSA) is 105 Å². The first-order valence-electron chi connectivity index (χ1n) is 4.40. The summed E-state index contributed by atoms with van der Waals surface area (Å²) in [6.07, 6.45) is 0. The van der Waals surface area contributed by atoms with Gasteiger partial charge in [-0.15, -0.1) is 12.4 Å². The second kappa shape index (κ2) is 6.18. The number of rotatable bonds is 3. The zero-order valence-corrected chi connectivity index (χ0v) is 9.62. The Balaban J connectivity index is 0.00000225. The summed E-state index contributed by atoms with van der Waals surface area (Å²) in [7, 11) is 1.41. The summed E-state index contributed by atoms with van der Waals surface area (Å²) in [6, 6.07) is 4.41. The molecule has 0 saturated carbocycles. The normalized spacial score (nSPS) is 11.1. The van der Waals surface area contributed by atoms with Crippen LogP contribution in [0.1, 0.15) is 17.2 Å². The summed E-state index contributed by atoms with van der Waals surface area (Å²) in [4.78, 5) is 0. The van der Waals surface area contributed by atoms with E-state index in [1.165, 1.54) is 19.2 Å². The highest BCUT2D eigenvalue weighted by atomic mass is 35.5. The number of phenolic OH excluding ortho intramolecular Hbond substituents is 1. The number of hydrogen-bond acceptors (Lipinski definition) is 5. The quantitative estimate of drug-likeness (QED) is 0.723. The highest BCUT2D eigenvalue weighted by Gasteiger charge is 2.15. The molecule has 16 heavy (non-hydrogen) atoms. The van der Waals surface area contributed by atoms with Crippen LogP contribution in [0.3, 0.4) is 0 Å². The predicted octanol–water partition coefficient (Wildman–Crippen LogP) is 0.653. The number of benzene rings is 1. The van der Waals surface area contributed by atoms with E-state index < -0.39 is 6.04 Å². The third kappa shape index (κ3) is 2.76. The third-order valence-electron chi connectivity index (χ3n) is 2.11. The molecule has 0 aliphatic carbocycles. The lowest BCUT2D eigenvalue weighted by molar-refractivity contribution is 0.368. The second-order valence-electron chi connectivity index (χ2n) is 3.07. The molecule has 6 heteroatoms. The smallest absolute Gasteiger partial charge is 0.162 e. The zero-order chi connectivity index (χ0) is 11.4. The number of nitriles is 1. The molecule has 0 aromatic heterocycles. The van der Waals surface area contributed by atoms with Gasteiger partial charge in [0.05, 0.1) is 18.7 Å². The first kappa shape index (κ1) is 14.5. The molecule has 0 fully saturated rings. The van der Waals surface area contributed by atoms with Crippen LogP contribution < -0.4 is 16.2 Å². The number of nitrogens with zero attached hydrogens (tertiary/aromatic N) is 1. The fourth-order valence-corrected chi connectivity index (χ4v) is 1.26. The van der Waals surface area contributed by atoms with E-state index in [0.717, 1.165) is 0 Å². The van der Waals surface area contributed by atoms with Crippen LogP contribution in [0, 0.1) is 11.3 Å². The molecule has 0 radical (unpaired) electrons. The minimum Gasteiger partial charge on any atom is -0.504 e. The fraction of sp³-hybridized carbons (Fsp3) is 0.300. The molecule has 1 aromatic carbocycles. The van der Waals surface area contributed by atoms with Crippen molar-refractivity contribution in [2.75, 3.05) is 13.7 Å². The highest BCUT2D eigenvalue weighted by molar-refractivity contribution is 5.85. The van der Waals surface area contributed by atoms with Crippen molar-refractivity contribution in [3.8, 4) is 17.6 Å². The van der Waals surface area contributed by atoms with Gasteiger partial charge in [0, 0.05) is 24.2 Å². The summed E-state index contributed by atoms with van der Waals surface area (Å²) >= 11 is 0. The van der Waals surface area contributed by atoms with Crippen molar-refractivity contribution in [1.82, 2.24) is 0 Å². The minimum atomic E-state index is -0.507. The van der Waals surface area contributed by atoms with Crippen LogP contribution in [0.4, 0.5) is 0 Å². The molecule has 0 bridgehead atoms. The molecule has 0 heterocycles. The molecule has 0 unspecified atom stereocenters. The maximum Gasteiger partial charge on any atom is 0.162 e. The molecule has 88 valence electrons. The van der Waals surface area contributed by atoms with E-state index in [0.29, 0.717) is 11.1 Å². The van der Waals surface area contributed by atoms with Crippen LogP contribution in [0.5, 0.6) is 11.5 Å². The van der Waals surface area contributed by atoms with E-state index in [-0.39, 0.29) is 30.5 Å². The van der Waals surface area contributed by atoms with Gasteiger partial charge < -0.3 is 21.3 Å². The van der Waals surface area contributed by atoms with Gasteiger partial charge in [-0.2, -0.15) is 5.26 Å². The van der Waals surface area contributed by atoms with Gasteiger partial charge in [-0.1, -0.05) is 0 Å². The van der Waals surface area contributed by atoms with Crippen LogP contribution in [-0.2, 0) is 0 Å². The maximum absolute atomic E-state index is 9.74. The number of methoxy groups -OCH3 is 1. The second-order valence-corrected chi connectivity index (χ2v) is 3.07. The summed E-state index contributed by atoms with van der Waals surface area (Å²) in [5.41, 5.74) is 11.9. The first-order chi connectivity index (χ1) is 7.13. The Labute approximate surface area is 100 Å². The van der Waals surface area contributed by atoms with E-state index >= 15 is 0 Å². The summed E-state index contributed by atoms with van der Waals surface area (Å²) in [5.74, 6) is 0.169. The van der Waals surface area contributed by atoms with Crippen LogP contribution in [0.25, 0.3) is 0 Å². The number of ether oxygens (including phenoxy) is 1. The van der Waals surface area contributed by atoms with Gasteiger partial charge in [-0.05, 0) is 6.07 Å². The van der Waals surface area contributed by atoms with E-state index in [9.17, 15) is 5.11 Å². The third-order valence-corrected chi connectivity index (χ3v) is 2.11. The van der Waals surface area contributed by atoms with E-state index in [1.807, 2.05) is 6.07 Å². The first-order valence-corrected chi connectivity index (χ1v) is 4.40. The number of aromatic hydroxyl groups is 1. The number of hydrogen-bond donors (Lipinski definition) is 3. The monoisotopic (exact) mass is 243 g/mol. The molecule has 1 atom stereocenters. The molecule has 0 aliphatic rings. The Hall–Kier alpha value is -1.48. The Bertz CT molecular complexity index is 404. The Kier molecular flexibility index (Phi) is 5.61. The average molecular weight is 244 g/mol. The van der Waals surface area contributed by atoms with Crippen molar-refractivity contribution >= 4 is 12.4 Å². The van der Waals surface area contributed by atoms with Crippen molar-refractivity contribution in [1.29, 1.82) is 5.26 Å². The molecular weight excluding hydrogens is 230 g/mol. The van der Waals surface area contributed by atoms with Crippen LogP contribution >= 0.6 is 12.4 Å². The average Bonchev–Trinajstić information content (AvgIpc) is 2.28. The van der Waals surface area contributed by atoms with Gasteiger partial charge in [0.15, 0.2) is 11.5 Å². The van der Waals surface area contributed by atoms with E-state index in [2.05, 4.69) is 0 Å². The predicted molar refractivity (Wildman–Crippen MR) is 62.6 cm³/mol. The van der Waals surface area contributed by atoms with Gasteiger partial charge in [0.2, 0.25) is 0 Å². The molecule has 0 spiro atoms.